The molecule has 0 saturated carbocycles. The molecule has 0 saturated heterocycles. The number of benzene rings is 2. The first kappa shape index (κ1) is 17.8. The molecule has 2 rings (SSSR count). The molecule has 4 nitrogen and oxygen atoms in total. The minimum atomic E-state index is -0.463. The first-order valence-electron chi connectivity index (χ1n) is 7.55. The molecule has 5 heteroatoms. The van der Waals surface area contributed by atoms with Gasteiger partial charge in [-0.15, -0.1) is 0 Å². The van der Waals surface area contributed by atoms with Gasteiger partial charge in [0.15, 0.2) is 0 Å². The Balaban J connectivity index is 2.25. The number of nitrogens with one attached hydrogen (secondary N) is 1. The number of carbonyl (C=O) groups excluding carboxylic acids is 1. The van der Waals surface area contributed by atoms with Gasteiger partial charge >= 0.3 is 0 Å². The molecule has 1 N–H and O–H groups in total. The summed E-state index contributed by atoms with van der Waals surface area (Å²) in [5.74, 6) is 0.190. The van der Waals surface area contributed by atoms with Crippen LogP contribution in [0.1, 0.15) is 18.9 Å². The Hall–Kier alpha value is -2.58. The summed E-state index contributed by atoms with van der Waals surface area (Å²) in [4.78, 5) is 12.4. The van der Waals surface area contributed by atoms with E-state index in [0.29, 0.717) is 23.6 Å². The Bertz CT molecular complexity index is 794. The van der Waals surface area contributed by atoms with E-state index < -0.39 is 5.91 Å². The van der Waals surface area contributed by atoms with Crippen LogP contribution >= 0.6 is 15.9 Å². The summed E-state index contributed by atoms with van der Waals surface area (Å²) in [7, 11) is 0. The number of anilines is 1. The highest BCUT2D eigenvalue weighted by atomic mass is 79.9. The number of para-hydroxylation sites is 2. The third-order valence-electron chi connectivity index (χ3n) is 3.17. The zero-order valence-electron chi connectivity index (χ0n) is 13.3. The maximum Gasteiger partial charge on any atom is 0.266 e. The van der Waals surface area contributed by atoms with E-state index in [1.54, 1.807) is 6.07 Å². The normalized spacial score (nSPS) is 10.8. The summed E-state index contributed by atoms with van der Waals surface area (Å²) < 4.78 is 6.41. The maximum atomic E-state index is 12.4. The summed E-state index contributed by atoms with van der Waals surface area (Å²) in [6.07, 6.45) is 2.42. The van der Waals surface area contributed by atoms with Crippen LogP contribution in [-0.2, 0) is 4.79 Å². The average Bonchev–Trinajstić information content (AvgIpc) is 2.60. The molecule has 0 aliphatic carbocycles. The van der Waals surface area contributed by atoms with Crippen molar-refractivity contribution in [3.63, 3.8) is 0 Å². The van der Waals surface area contributed by atoms with Gasteiger partial charge in [0.2, 0.25) is 0 Å². The monoisotopic (exact) mass is 384 g/mol. The molecule has 2 aromatic rings. The van der Waals surface area contributed by atoms with E-state index in [9.17, 15) is 10.1 Å². The van der Waals surface area contributed by atoms with Gasteiger partial charge in [-0.05, 0) is 46.6 Å². The van der Waals surface area contributed by atoms with Gasteiger partial charge in [-0.2, -0.15) is 5.26 Å². The number of nitriles is 1. The predicted octanol–water partition coefficient (Wildman–Crippen LogP) is 4.78. The molecule has 0 atom stereocenters. The van der Waals surface area contributed by atoms with Gasteiger partial charge in [0.1, 0.15) is 17.4 Å². The van der Waals surface area contributed by atoms with E-state index in [4.69, 9.17) is 4.74 Å². The van der Waals surface area contributed by atoms with Crippen LogP contribution in [0.4, 0.5) is 5.69 Å². The lowest BCUT2D eigenvalue weighted by molar-refractivity contribution is -0.112. The molecule has 122 valence electrons. The molecule has 0 aromatic heterocycles. The number of hydrogen-bond acceptors (Lipinski definition) is 3. The van der Waals surface area contributed by atoms with E-state index in [2.05, 4.69) is 21.2 Å². The lowest BCUT2D eigenvalue weighted by Gasteiger charge is -2.09. The van der Waals surface area contributed by atoms with Crippen molar-refractivity contribution < 1.29 is 9.53 Å². The van der Waals surface area contributed by atoms with Gasteiger partial charge < -0.3 is 10.1 Å². The quantitative estimate of drug-likeness (QED) is 0.575. The van der Waals surface area contributed by atoms with Gasteiger partial charge in [-0.3, -0.25) is 4.79 Å². The molecule has 0 unspecified atom stereocenters. The molecular weight excluding hydrogens is 368 g/mol. The molecule has 0 bridgehead atoms. The minimum absolute atomic E-state index is 0.0123. The Labute approximate surface area is 149 Å². The van der Waals surface area contributed by atoms with Gasteiger partial charge in [0, 0.05) is 10.0 Å². The van der Waals surface area contributed by atoms with Crippen LogP contribution in [0.15, 0.2) is 58.6 Å². The van der Waals surface area contributed by atoms with Crippen LogP contribution in [0.25, 0.3) is 6.08 Å². The fraction of sp³-hybridized carbons (Fsp3) is 0.158. The van der Waals surface area contributed by atoms with Crippen LogP contribution in [0.2, 0.25) is 0 Å². The molecule has 0 aliphatic rings. The van der Waals surface area contributed by atoms with Crippen LogP contribution in [0.5, 0.6) is 5.75 Å². The SMILES string of the molecule is CCCOc1ccccc1/C=C(\C#N)C(=O)Nc1ccccc1Br. The van der Waals surface area contributed by atoms with E-state index >= 15 is 0 Å². The number of rotatable bonds is 6. The first-order chi connectivity index (χ1) is 11.7. The number of hydrogen-bond donors (Lipinski definition) is 1. The molecule has 1 amide bonds. The molecule has 0 fully saturated rings. The van der Waals surface area contributed by atoms with Crippen molar-refractivity contribution >= 4 is 33.6 Å². The third-order valence-corrected chi connectivity index (χ3v) is 3.86. The molecule has 0 radical (unpaired) electrons. The Morgan fingerprint density at radius 1 is 1.25 bits per heavy atom. The largest absolute Gasteiger partial charge is 0.493 e. The predicted molar refractivity (Wildman–Crippen MR) is 98.6 cm³/mol. The summed E-state index contributed by atoms with van der Waals surface area (Å²) in [5.41, 5.74) is 1.32. The number of halogens is 1. The maximum absolute atomic E-state index is 12.4. The van der Waals surface area contributed by atoms with E-state index in [1.807, 2.05) is 55.5 Å². The highest BCUT2D eigenvalue weighted by Gasteiger charge is 2.12. The molecule has 24 heavy (non-hydrogen) atoms. The van der Waals surface area contributed by atoms with Crippen LogP contribution in [0, 0.1) is 11.3 Å². The van der Waals surface area contributed by atoms with Crippen LogP contribution in [0.3, 0.4) is 0 Å². The van der Waals surface area contributed by atoms with Crippen molar-refractivity contribution in [2.75, 3.05) is 11.9 Å². The van der Waals surface area contributed by atoms with Gasteiger partial charge in [0.25, 0.3) is 5.91 Å². The number of amides is 1. The Morgan fingerprint density at radius 2 is 1.96 bits per heavy atom. The fourth-order valence-corrected chi connectivity index (χ4v) is 2.38. The van der Waals surface area contributed by atoms with Crippen molar-refractivity contribution in [2.45, 2.75) is 13.3 Å². The highest BCUT2D eigenvalue weighted by Crippen LogP contribution is 2.24. The van der Waals surface area contributed by atoms with Crippen LogP contribution < -0.4 is 10.1 Å². The molecule has 2 aromatic carbocycles. The molecule has 0 heterocycles. The lowest BCUT2D eigenvalue weighted by atomic mass is 10.1. The van der Waals surface area contributed by atoms with Crippen molar-refractivity contribution in [3.05, 3.63) is 64.1 Å². The van der Waals surface area contributed by atoms with Crippen molar-refractivity contribution in [3.8, 4) is 11.8 Å². The first-order valence-corrected chi connectivity index (χ1v) is 8.34. The van der Waals surface area contributed by atoms with Crippen LogP contribution in [-0.4, -0.2) is 12.5 Å². The second-order valence-electron chi connectivity index (χ2n) is 4.99. The summed E-state index contributed by atoms with van der Waals surface area (Å²) in [6, 6.07) is 16.5. The summed E-state index contributed by atoms with van der Waals surface area (Å²) in [5, 5.41) is 12.1. The minimum Gasteiger partial charge on any atom is -0.493 e. The van der Waals surface area contributed by atoms with E-state index in [-0.39, 0.29) is 5.57 Å². The van der Waals surface area contributed by atoms with E-state index in [0.717, 1.165) is 10.9 Å². The van der Waals surface area contributed by atoms with Gasteiger partial charge in [0.05, 0.1) is 12.3 Å². The zero-order valence-corrected chi connectivity index (χ0v) is 14.8. The topological polar surface area (TPSA) is 62.1 Å². The van der Waals surface area contributed by atoms with E-state index in [1.165, 1.54) is 6.08 Å². The summed E-state index contributed by atoms with van der Waals surface area (Å²) in [6.45, 7) is 2.60. The van der Waals surface area contributed by atoms with Crippen molar-refractivity contribution in [1.29, 1.82) is 5.26 Å². The fourth-order valence-electron chi connectivity index (χ4n) is 2.00. The van der Waals surface area contributed by atoms with Gasteiger partial charge in [-0.25, -0.2) is 0 Å². The highest BCUT2D eigenvalue weighted by molar-refractivity contribution is 9.10. The second-order valence-corrected chi connectivity index (χ2v) is 5.84. The molecular formula is C19H17BrN2O2. The summed E-state index contributed by atoms with van der Waals surface area (Å²) >= 11 is 3.37. The molecule has 0 spiro atoms. The van der Waals surface area contributed by atoms with Crippen molar-refractivity contribution in [2.24, 2.45) is 0 Å². The number of carbonyl (C=O) groups is 1. The average molecular weight is 385 g/mol. The second kappa shape index (κ2) is 8.90. The Morgan fingerprint density at radius 3 is 2.67 bits per heavy atom. The number of ether oxygens (including phenoxy) is 1. The third kappa shape index (κ3) is 4.71. The van der Waals surface area contributed by atoms with Crippen molar-refractivity contribution in [1.82, 2.24) is 0 Å². The standard InChI is InChI=1S/C19H17BrN2O2/c1-2-11-24-18-10-6-3-7-14(18)12-15(13-21)19(23)22-17-9-5-4-8-16(17)20/h3-10,12H,2,11H2,1H3,(H,22,23)/b15-12+. The zero-order chi connectivity index (χ0) is 17.4. The smallest absolute Gasteiger partial charge is 0.266 e. The Kier molecular flexibility index (Phi) is 6.59. The number of nitrogens with zero attached hydrogens (tertiary/aromatic N) is 1. The lowest BCUT2D eigenvalue weighted by Crippen LogP contribution is -2.13. The van der Waals surface area contributed by atoms with Gasteiger partial charge in [-0.1, -0.05) is 37.3 Å². The molecule has 0 aliphatic heterocycles.